The third-order valence-electron chi connectivity index (χ3n) is 4.01. The molecule has 1 amide bonds. The van der Waals surface area contributed by atoms with Gasteiger partial charge in [0.05, 0.1) is 0 Å². The van der Waals surface area contributed by atoms with Crippen molar-refractivity contribution < 1.29 is 19.1 Å². The van der Waals surface area contributed by atoms with Gasteiger partial charge in [0.2, 0.25) is 6.10 Å². The maximum absolute atomic E-state index is 12.8. The summed E-state index contributed by atoms with van der Waals surface area (Å²) in [6.07, 6.45) is -1.07. The summed E-state index contributed by atoms with van der Waals surface area (Å²) < 4.78 is 10.8. The fourth-order valence-corrected chi connectivity index (χ4v) is 2.57. The number of carbonyl (C=O) groups excluding carboxylic acids is 2. The highest BCUT2D eigenvalue weighted by atomic mass is 16.6. The molecular weight excluding hydrogens is 354 g/mol. The van der Waals surface area contributed by atoms with E-state index in [1.165, 1.54) is 0 Å². The van der Waals surface area contributed by atoms with Crippen LogP contribution in [-0.2, 0) is 14.3 Å². The van der Waals surface area contributed by atoms with Crippen molar-refractivity contribution >= 4 is 17.6 Å². The Morgan fingerprint density at radius 3 is 2.11 bits per heavy atom. The van der Waals surface area contributed by atoms with Crippen LogP contribution in [0.2, 0.25) is 0 Å². The van der Waals surface area contributed by atoms with Crippen LogP contribution >= 0.6 is 0 Å². The fraction of sp³-hybridized carbons (Fsp3) is 0.130. The molecule has 3 aromatic rings. The number of ether oxygens (including phenoxy) is 2. The molecule has 0 spiro atoms. The number of carbonyl (C=O) groups is 2. The molecule has 1 N–H and O–H groups in total. The van der Waals surface area contributed by atoms with E-state index in [1.54, 1.807) is 48.5 Å². The first-order chi connectivity index (χ1) is 13.6. The van der Waals surface area contributed by atoms with Gasteiger partial charge in [-0.1, -0.05) is 66.2 Å². The summed E-state index contributed by atoms with van der Waals surface area (Å²) in [5.74, 6) is -0.500. The molecule has 0 heterocycles. The van der Waals surface area contributed by atoms with E-state index in [0.717, 1.165) is 5.56 Å². The second kappa shape index (κ2) is 9.37. The Labute approximate surface area is 163 Å². The number of para-hydroxylation sites is 1. The smallest absolute Gasteiger partial charge is 0.345 e. The molecule has 0 aliphatic rings. The minimum absolute atomic E-state index is 0.287. The number of aryl methyl sites for hydroxylation is 1. The summed E-state index contributed by atoms with van der Waals surface area (Å²) in [5, 5.41) is 2.79. The molecule has 0 saturated carbocycles. The highest BCUT2D eigenvalue weighted by molar-refractivity contribution is 5.96. The maximum atomic E-state index is 12.8. The van der Waals surface area contributed by atoms with Crippen LogP contribution in [0.5, 0.6) is 5.75 Å². The summed E-state index contributed by atoms with van der Waals surface area (Å²) in [7, 11) is 0. The number of esters is 1. The molecule has 0 unspecified atom stereocenters. The summed E-state index contributed by atoms with van der Waals surface area (Å²) in [6, 6.07) is 25.2. The van der Waals surface area contributed by atoms with Gasteiger partial charge < -0.3 is 14.8 Å². The molecule has 0 aliphatic carbocycles. The molecule has 1 atom stereocenters. The van der Waals surface area contributed by atoms with E-state index < -0.39 is 18.0 Å². The zero-order valence-electron chi connectivity index (χ0n) is 15.5. The molecule has 142 valence electrons. The molecule has 28 heavy (non-hydrogen) atoms. The molecule has 5 heteroatoms. The van der Waals surface area contributed by atoms with Crippen LogP contribution in [0.25, 0.3) is 0 Å². The Morgan fingerprint density at radius 1 is 0.857 bits per heavy atom. The van der Waals surface area contributed by atoms with E-state index in [4.69, 9.17) is 9.47 Å². The molecule has 3 rings (SSSR count). The Balaban J connectivity index is 1.69. The molecule has 0 aliphatic heterocycles. The Hall–Kier alpha value is -3.60. The number of anilines is 1. The number of rotatable bonds is 7. The average molecular weight is 375 g/mol. The highest BCUT2D eigenvalue weighted by Crippen LogP contribution is 2.21. The van der Waals surface area contributed by atoms with E-state index in [-0.39, 0.29) is 6.61 Å². The van der Waals surface area contributed by atoms with Crippen LogP contribution in [0.4, 0.5) is 5.69 Å². The van der Waals surface area contributed by atoms with Crippen molar-refractivity contribution in [2.45, 2.75) is 13.0 Å². The van der Waals surface area contributed by atoms with Gasteiger partial charge in [0.15, 0.2) is 6.61 Å². The Bertz CT molecular complexity index is 908. The first-order valence-electron chi connectivity index (χ1n) is 8.91. The first-order valence-corrected chi connectivity index (χ1v) is 8.91. The minimum Gasteiger partial charge on any atom is -0.482 e. The fourth-order valence-electron chi connectivity index (χ4n) is 2.57. The van der Waals surface area contributed by atoms with Gasteiger partial charge in [-0.15, -0.1) is 0 Å². The number of amides is 1. The summed E-state index contributed by atoms with van der Waals surface area (Å²) >= 11 is 0. The van der Waals surface area contributed by atoms with Crippen molar-refractivity contribution in [2.75, 3.05) is 11.9 Å². The van der Waals surface area contributed by atoms with E-state index in [2.05, 4.69) is 5.32 Å². The molecule has 5 nitrogen and oxygen atoms in total. The standard InChI is InChI=1S/C23H21NO4/c1-17-12-14-19(15-13-17)24-23(26)22(18-8-4-2-5-9-18)28-21(25)16-27-20-10-6-3-7-11-20/h2-15,22H,16H2,1H3,(H,24,26)/t22-/m1/s1. The maximum Gasteiger partial charge on any atom is 0.345 e. The highest BCUT2D eigenvalue weighted by Gasteiger charge is 2.25. The summed E-state index contributed by atoms with van der Waals surface area (Å²) in [6.45, 7) is 1.68. The van der Waals surface area contributed by atoms with Crippen molar-refractivity contribution in [1.82, 2.24) is 0 Å². The lowest BCUT2D eigenvalue weighted by atomic mass is 10.1. The van der Waals surface area contributed by atoms with Crippen LogP contribution in [0.1, 0.15) is 17.2 Å². The monoisotopic (exact) mass is 375 g/mol. The third kappa shape index (κ3) is 5.45. The quantitative estimate of drug-likeness (QED) is 0.626. The number of benzene rings is 3. The molecule has 0 radical (unpaired) electrons. The van der Waals surface area contributed by atoms with Crippen LogP contribution in [0.3, 0.4) is 0 Å². The van der Waals surface area contributed by atoms with E-state index >= 15 is 0 Å². The van der Waals surface area contributed by atoms with E-state index in [9.17, 15) is 9.59 Å². The second-order valence-electron chi connectivity index (χ2n) is 6.24. The Kier molecular flexibility index (Phi) is 6.41. The lowest BCUT2D eigenvalue weighted by Crippen LogP contribution is -2.27. The van der Waals surface area contributed by atoms with Gasteiger partial charge in [-0.2, -0.15) is 0 Å². The Morgan fingerprint density at radius 2 is 1.46 bits per heavy atom. The third-order valence-corrected chi connectivity index (χ3v) is 4.01. The topological polar surface area (TPSA) is 64.6 Å². The summed E-state index contributed by atoms with van der Waals surface area (Å²) in [5.41, 5.74) is 2.30. The van der Waals surface area contributed by atoms with E-state index in [1.807, 2.05) is 43.3 Å². The van der Waals surface area contributed by atoms with E-state index in [0.29, 0.717) is 17.0 Å². The molecule has 3 aromatic carbocycles. The normalized spacial score (nSPS) is 11.3. The van der Waals surface area contributed by atoms with Crippen molar-refractivity contribution in [3.05, 3.63) is 96.1 Å². The molecule has 0 fully saturated rings. The van der Waals surface area contributed by atoms with Gasteiger partial charge in [-0.3, -0.25) is 4.79 Å². The summed E-state index contributed by atoms with van der Waals surface area (Å²) in [4.78, 5) is 25.1. The minimum atomic E-state index is -1.07. The predicted octanol–water partition coefficient (Wildman–Crippen LogP) is 4.30. The average Bonchev–Trinajstić information content (AvgIpc) is 2.73. The van der Waals surface area contributed by atoms with Crippen LogP contribution in [0.15, 0.2) is 84.9 Å². The number of hydrogen-bond donors (Lipinski definition) is 1. The van der Waals surface area contributed by atoms with Gasteiger partial charge in [0, 0.05) is 11.3 Å². The zero-order chi connectivity index (χ0) is 19.8. The van der Waals surface area contributed by atoms with Crippen LogP contribution in [0, 0.1) is 6.92 Å². The van der Waals surface area contributed by atoms with Crippen molar-refractivity contribution in [2.24, 2.45) is 0 Å². The lowest BCUT2D eigenvalue weighted by molar-refractivity contribution is -0.156. The van der Waals surface area contributed by atoms with Gasteiger partial charge >= 0.3 is 5.97 Å². The van der Waals surface area contributed by atoms with Gasteiger partial charge in [0.1, 0.15) is 5.75 Å². The van der Waals surface area contributed by atoms with Gasteiger partial charge in [0.25, 0.3) is 5.91 Å². The van der Waals surface area contributed by atoms with Crippen molar-refractivity contribution in [3.8, 4) is 5.75 Å². The number of nitrogens with one attached hydrogen (secondary N) is 1. The SMILES string of the molecule is Cc1ccc(NC(=O)[C@H](OC(=O)COc2ccccc2)c2ccccc2)cc1. The largest absolute Gasteiger partial charge is 0.482 e. The molecule has 0 aromatic heterocycles. The first kappa shape index (κ1) is 19.2. The molecule has 0 bridgehead atoms. The lowest BCUT2D eigenvalue weighted by Gasteiger charge is -2.18. The van der Waals surface area contributed by atoms with Crippen LogP contribution in [-0.4, -0.2) is 18.5 Å². The van der Waals surface area contributed by atoms with Crippen LogP contribution < -0.4 is 10.1 Å². The molecule has 0 saturated heterocycles. The van der Waals surface area contributed by atoms with Crippen molar-refractivity contribution in [1.29, 1.82) is 0 Å². The van der Waals surface area contributed by atoms with Gasteiger partial charge in [-0.25, -0.2) is 4.79 Å². The number of hydrogen-bond acceptors (Lipinski definition) is 4. The zero-order valence-corrected chi connectivity index (χ0v) is 15.5. The van der Waals surface area contributed by atoms with Crippen molar-refractivity contribution in [3.63, 3.8) is 0 Å². The predicted molar refractivity (Wildman–Crippen MR) is 107 cm³/mol. The molecular formula is C23H21NO4. The second-order valence-corrected chi connectivity index (χ2v) is 6.24. The van der Waals surface area contributed by atoms with Gasteiger partial charge in [-0.05, 0) is 31.2 Å².